The van der Waals surface area contributed by atoms with Crippen LogP contribution in [-0.4, -0.2) is 46.3 Å². The number of para-hydroxylation sites is 1. The quantitative estimate of drug-likeness (QED) is 0.282. The molecule has 0 bridgehead atoms. The molecule has 8 nitrogen and oxygen atoms in total. The molecule has 0 radical (unpaired) electrons. The number of ether oxygens (including phenoxy) is 2. The lowest BCUT2D eigenvalue weighted by molar-refractivity contribution is -0.130. The van der Waals surface area contributed by atoms with E-state index >= 15 is 0 Å². The number of carboxylic acids is 1. The molecule has 1 aromatic heterocycles. The first kappa shape index (κ1) is 23.6. The number of carboxylic acid groups (broad SMARTS) is 1. The third-order valence-electron chi connectivity index (χ3n) is 4.29. The lowest BCUT2D eigenvalue weighted by atomic mass is 10.1. The van der Waals surface area contributed by atoms with Crippen molar-refractivity contribution >= 4 is 23.3 Å². The van der Waals surface area contributed by atoms with Gasteiger partial charge in [-0.25, -0.2) is 9.78 Å². The van der Waals surface area contributed by atoms with Crippen LogP contribution in [0.15, 0.2) is 59.8 Å². The van der Waals surface area contributed by atoms with Crippen LogP contribution >= 0.6 is 11.8 Å². The number of benzene rings is 2. The number of rotatable bonds is 8. The summed E-state index contributed by atoms with van der Waals surface area (Å²) in [6.45, 7) is 1.71. The molecule has 0 amide bonds. The molecule has 0 saturated heterocycles. The molecule has 0 aliphatic carbocycles. The van der Waals surface area contributed by atoms with Gasteiger partial charge in [0.25, 0.3) is 0 Å². The summed E-state index contributed by atoms with van der Waals surface area (Å²) in [5.74, 6) is 0.710. The summed E-state index contributed by atoms with van der Waals surface area (Å²) in [5.41, 5.74) is 0.701. The van der Waals surface area contributed by atoms with Crippen molar-refractivity contribution in [3.63, 3.8) is 0 Å². The van der Waals surface area contributed by atoms with E-state index in [0.29, 0.717) is 33.7 Å². The fraction of sp³-hybridized carbons (Fsp3) is 0.167. The van der Waals surface area contributed by atoms with Crippen LogP contribution in [0.25, 0.3) is 5.57 Å². The summed E-state index contributed by atoms with van der Waals surface area (Å²) in [4.78, 5) is 22.5. The third kappa shape index (κ3) is 5.81. The van der Waals surface area contributed by atoms with E-state index in [4.69, 9.17) is 9.47 Å². The molecular formula is C24H22N4O4S. The van der Waals surface area contributed by atoms with Gasteiger partial charge in [-0.15, -0.1) is 11.8 Å². The van der Waals surface area contributed by atoms with Gasteiger partial charge in [-0.2, -0.15) is 10.2 Å². The highest BCUT2D eigenvalue weighted by molar-refractivity contribution is 7.98. The zero-order valence-corrected chi connectivity index (χ0v) is 19.4. The fourth-order valence-electron chi connectivity index (χ4n) is 2.95. The number of aryl methyl sites for hydroxylation is 1. The van der Waals surface area contributed by atoms with Gasteiger partial charge in [-0.1, -0.05) is 18.2 Å². The molecule has 0 aliphatic heterocycles. The highest BCUT2D eigenvalue weighted by atomic mass is 32.2. The maximum atomic E-state index is 12.0. The maximum absolute atomic E-state index is 12.0. The van der Waals surface area contributed by atoms with Crippen molar-refractivity contribution in [2.24, 2.45) is 0 Å². The van der Waals surface area contributed by atoms with Crippen LogP contribution in [0.5, 0.6) is 23.1 Å². The number of nitriles is 1. The van der Waals surface area contributed by atoms with Crippen molar-refractivity contribution in [1.82, 2.24) is 14.9 Å². The van der Waals surface area contributed by atoms with Crippen LogP contribution in [-0.2, 0) is 4.79 Å². The minimum Gasteiger partial charge on any atom is -0.478 e. The Labute approximate surface area is 196 Å². The summed E-state index contributed by atoms with van der Waals surface area (Å²) in [7, 11) is 3.47. The smallest absolute Gasteiger partial charge is 0.338 e. The molecule has 0 fully saturated rings. The summed E-state index contributed by atoms with van der Waals surface area (Å²) in [6, 6.07) is 15.8. The first-order chi connectivity index (χ1) is 15.8. The van der Waals surface area contributed by atoms with E-state index in [1.807, 2.05) is 6.26 Å². The second kappa shape index (κ2) is 10.5. The summed E-state index contributed by atoms with van der Waals surface area (Å²) in [5, 5.41) is 19.6. The Morgan fingerprint density at radius 1 is 1.12 bits per heavy atom. The van der Waals surface area contributed by atoms with Crippen LogP contribution in [0.2, 0.25) is 0 Å². The first-order valence-electron chi connectivity index (χ1n) is 9.81. The molecule has 1 heterocycles. The molecule has 9 heteroatoms. The van der Waals surface area contributed by atoms with E-state index in [-0.39, 0.29) is 17.0 Å². The van der Waals surface area contributed by atoms with Crippen LogP contribution in [0.4, 0.5) is 0 Å². The highest BCUT2D eigenvalue weighted by Crippen LogP contribution is 2.36. The van der Waals surface area contributed by atoms with E-state index < -0.39 is 5.97 Å². The van der Waals surface area contributed by atoms with E-state index in [0.717, 1.165) is 0 Å². The minimum absolute atomic E-state index is 0.00898. The number of aliphatic carboxylic acids is 1. The van der Waals surface area contributed by atoms with Gasteiger partial charge in [0, 0.05) is 26.4 Å². The van der Waals surface area contributed by atoms with E-state index in [2.05, 4.69) is 16.0 Å². The Bertz CT molecular complexity index is 1250. The Morgan fingerprint density at radius 3 is 2.45 bits per heavy atom. The molecule has 33 heavy (non-hydrogen) atoms. The molecule has 1 N–H and O–H groups in total. The lowest BCUT2D eigenvalue weighted by Gasteiger charge is -2.16. The predicted octanol–water partition coefficient (Wildman–Crippen LogP) is 4.95. The summed E-state index contributed by atoms with van der Waals surface area (Å²) in [6.07, 6.45) is 3.30. The van der Waals surface area contributed by atoms with Crippen LogP contribution in [0.3, 0.4) is 0 Å². The molecule has 3 rings (SSSR count). The van der Waals surface area contributed by atoms with Crippen molar-refractivity contribution in [2.45, 2.75) is 11.9 Å². The number of thioether (sulfide) groups is 1. The molecular weight excluding hydrogens is 440 g/mol. The van der Waals surface area contributed by atoms with E-state index in [9.17, 15) is 15.2 Å². The topological polar surface area (TPSA) is 109 Å². The van der Waals surface area contributed by atoms with Gasteiger partial charge in [0.1, 0.15) is 34.2 Å². The van der Waals surface area contributed by atoms with Crippen LogP contribution in [0.1, 0.15) is 17.0 Å². The first-order valence-corrected chi connectivity index (χ1v) is 11.0. The average molecular weight is 463 g/mol. The van der Waals surface area contributed by atoms with E-state index in [1.165, 1.54) is 18.0 Å². The number of hydrogen-bond acceptors (Lipinski definition) is 8. The van der Waals surface area contributed by atoms with Gasteiger partial charge in [0.05, 0.1) is 16.7 Å². The Hall–Kier alpha value is -4.03. The Morgan fingerprint density at radius 2 is 1.82 bits per heavy atom. The molecule has 0 saturated carbocycles. The van der Waals surface area contributed by atoms with Crippen LogP contribution in [0, 0.1) is 18.3 Å². The number of hydrogen-bond donors (Lipinski definition) is 1. The summed E-state index contributed by atoms with van der Waals surface area (Å²) >= 11 is 1.31. The standard InChI is InChI=1S/C24H22N4O4S/c1-15-26-22(21(23(27-15)33-4)19(24(29)30)14-28(2)3)32-18-10-7-9-17(12-18)31-20-11-6-5-8-16(20)13-25/h5-12,14H,1-4H3,(H,29,30). The third-order valence-corrected chi connectivity index (χ3v) is 4.97. The van der Waals surface area contributed by atoms with Crippen molar-refractivity contribution < 1.29 is 19.4 Å². The Balaban J connectivity index is 2.03. The van der Waals surface area contributed by atoms with Crippen molar-refractivity contribution in [3.8, 4) is 29.2 Å². The fourth-order valence-corrected chi connectivity index (χ4v) is 3.57. The molecule has 0 aliphatic rings. The lowest BCUT2D eigenvalue weighted by Crippen LogP contribution is -2.11. The zero-order valence-electron chi connectivity index (χ0n) is 18.6. The SMILES string of the molecule is CSc1nc(C)nc(Oc2cccc(Oc3ccccc3C#N)c2)c1C(=CN(C)C)C(=O)O. The van der Waals surface area contributed by atoms with Gasteiger partial charge in [-0.05, 0) is 37.4 Å². The number of carbonyl (C=O) groups is 1. The molecule has 3 aromatic rings. The monoisotopic (exact) mass is 462 g/mol. The van der Waals surface area contributed by atoms with Crippen LogP contribution < -0.4 is 9.47 Å². The second-order valence-electron chi connectivity index (χ2n) is 7.06. The average Bonchev–Trinajstić information content (AvgIpc) is 2.78. The molecule has 0 atom stereocenters. The van der Waals surface area contributed by atoms with Crippen molar-refractivity contribution in [3.05, 3.63) is 71.7 Å². The minimum atomic E-state index is -1.12. The van der Waals surface area contributed by atoms with Gasteiger partial charge >= 0.3 is 5.97 Å². The second-order valence-corrected chi connectivity index (χ2v) is 7.85. The molecule has 2 aromatic carbocycles. The zero-order chi connectivity index (χ0) is 24.0. The maximum Gasteiger partial charge on any atom is 0.338 e. The van der Waals surface area contributed by atoms with Gasteiger partial charge in [-0.3, -0.25) is 0 Å². The van der Waals surface area contributed by atoms with E-state index in [1.54, 1.807) is 74.4 Å². The largest absolute Gasteiger partial charge is 0.478 e. The molecule has 168 valence electrons. The molecule has 0 unspecified atom stereocenters. The van der Waals surface area contributed by atoms with Gasteiger partial charge in [0.2, 0.25) is 5.88 Å². The molecule has 0 spiro atoms. The number of nitrogens with zero attached hydrogens (tertiary/aromatic N) is 4. The van der Waals surface area contributed by atoms with Gasteiger partial charge in [0.15, 0.2) is 0 Å². The normalized spacial score (nSPS) is 10.9. The number of aromatic nitrogens is 2. The Kier molecular flexibility index (Phi) is 7.53. The highest BCUT2D eigenvalue weighted by Gasteiger charge is 2.24. The summed E-state index contributed by atoms with van der Waals surface area (Å²) < 4.78 is 11.9. The van der Waals surface area contributed by atoms with Gasteiger partial charge < -0.3 is 19.5 Å². The van der Waals surface area contributed by atoms with Crippen molar-refractivity contribution in [1.29, 1.82) is 5.26 Å². The van der Waals surface area contributed by atoms with Crippen molar-refractivity contribution in [2.75, 3.05) is 20.4 Å². The predicted molar refractivity (Wildman–Crippen MR) is 126 cm³/mol.